The minimum Gasteiger partial charge on any atom is -0.497 e. The van der Waals surface area contributed by atoms with Crippen LogP contribution in [0, 0.1) is 6.92 Å². The van der Waals surface area contributed by atoms with Gasteiger partial charge in [-0.2, -0.15) is 5.10 Å². The smallest absolute Gasteiger partial charge is 0.191 e. The third kappa shape index (κ3) is 7.06. The van der Waals surface area contributed by atoms with Gasteiger partial charge in [0.1, 0.15) is 23.1 Å². The molecular weight excluding hydrogens is 483 g/mol. The fourth-order valence-corrected chi connectivity index (χ4v) is 3.20. The summed E-state index contributed by atoms with van der Waals surface area (Å²) in [6.45, 7) is 6.96. The first kappa shape index (κ1) is 23.2. The highest BCUT2D eigenvalue weighted by atomic mass is 127. The van der Waals surface area contributed by atoms with Crippen LogP contribution in [0.15, 0.2) is 29.3 Å². The Morgan fingerprint density at radius 2 is 2.17 bits per heavy atom. The summed E-state index contributed by atoms with van der Waals surface area (Å²) in [5.74, 6) is 4.37. The Hall–Kier alpha value is -2.04. The van der Waals surface area contributed by atoms with Gasteiger partial charge in [-0.3, -0.25) is 4.99 Å². The summed E-state index contributed by atoms with van der Waals surface area (Å²) in [5, 5.41) is 11.3. The SMILES string of the molecule is CCNC(=NCCCOc1cccc(OC)c1)NC1CCc2nc(C)nn2C1.I. The molecule has 1 aromatic heterocycles. The number of rotatable bonds is 8. The molecular formula is C20H31IN6O2. The topological polar surface area (TPSA) is 85.6 Å². The van der Waals surface area contributed by atoms with Gasteiger partial charge >= 0.3 is 0 Å². The van der Waals surface area contributed by atoms with E-state index in [1.54, 1.807) is 7.11 Å². The molecule has 0 radical (unpaired) electrons. The number of halogens is 1. The quantitative estimate of drug-likeness (QED) is 0.244. The molecule has 8 nitrogen and oxygen atoms in total. The van der Waals surface area contributed by atoms with Gasteiger partial charge in [0.05, 0.1) is 20.3 Å². The molecule has 2 aromatic rings. The lowest BCUT2D eigenvalue weighted by Gasteiger charge is -2.25. The molecule has 0 bridgehead atoms. The van der Waals surface area contributed by atoms with Crippen LogP contribution >= 0.6 is 24.0 Å². The van der Waals surface area contributed by atoms with Gasteiger partial charge in [0.15, 0.2) is 5.96 Å². The summed E-state index contributed by atoms with van der Waals surface area (Å²) in [6, 6.07) is 7.95. The van der Waals surface area contributed by atoms with Gasteiger partial charge in [0.2, 0.25) is 0 Å². The van der Waals surface area contributed by atoms with E-state index in [0.29, 0.717) is 19.2 Å². The van der Waals surface area contributed by atoms with Gasteiger partial charge in [-0.15, -0.1) is 24.0 Å². The lowest BCUT2D eigenvalue weighted by atomic mass is 10.1. The number of hydrogen-bond acceptors (Lipinski definition) is 5. The molecule has 0 saturated carbocycles. The van der Waals surface area contributed by atoms with Gasteiger partial charge < -0.3 is 20.1 Å². The van der Waals surface area contributed by atoms with Gasteiger partial charge in [-0.05, 0) is 32.4 Å². The summed E-state index contributed by atoms with van der Waals surface area (Å²) >= 11 is 0. The van der Waals surface area contributed by atoms with Crippen LogP contribution in [-0.4, -0.2) is 53.6 Å². The van der Waals surface area contributed by atoms with Crippen LogP contribution in [0.1, 0.15) is 31.4 Å². The van der Waals surface area contributed by atoms with E-state index < -0.39 is 0 Å². The third-order valence-corrected chi connectivity index (χ3v) is 4.53. The summed E-state index contributed by atoms with van der Waals surface area (Å²) < 4.78 is 13.0. The highest BCUT2D eigenvalue weighted by Crippen LogP contribution is 2.18. The predicted molar refractivity (Wildman–Crippen MR) is 125 cm³/mol. The number of aromatic nitrogens is 3. The van der Waals surface area contributed by atoms with Crippen molar-refractivity contribution in [3.63, 3.8) is 0 Å². The second-order valence-electron chi connectivity index (χ2n) is 6.78. The zero-order valence-corrected chi connectivity index (χ0v) is 19.7. The van der Waals surface area contributed by atoms with Gasteiger partial charge in [-0.25, -0.2) is 9.67 Å². The summed E-state index contributed by atoms with van der Waals surface area (Å²) in [5.41, 5.74) is 0. The van der Waals surface area contributed by atoms with Crippen molar-refractivity contribution in [3.05, 3.63) is 35.9 Å². The Morgan fingerprint density at radius 3 is 2.97 bits per heavy atom. The molecule has 0 amide bonds. The van der Waals surface area contributed by atoms with Crippen LogP contribution in [0.5, 0.6) is 11.5 Å². The van der Waals surface area contributed by atoms with E-state index in [4.69, 9.17) is 9.47 Å². The maximum Gasteiger partial charge on any atom is 0.191 e. The van der Waals surface area contributed by atoms with Crippen LogP contribution in [0.4, 0.5) is 0 Å². The summed E-state index contributed by atoms with van der Waals surface area (Å²) in [4.78, 5) is 9.14. The van der Waals surface area contributed by atoms with Crippen LogP contribution in [0.25, 0.3) is 0 Å². The van der Waals surface area contributed by atoms with E-state index in [1.807, 2.05) is 35.9 Å². The molecule has 2 N–H and O–H groups in total. The first-order valence-corrected chi connectivity index (χ1v) is 9.90. The average Bonchev–Trinajstić information content (AvgIpc) is 3.07. The number of nitrogens with one attached hydrogen (secondary N) is 2. The highest BCUT2D eigenvalue weighted by molar-refractivity contribution is 14.0. The number of guanidine groups is 1. The van der Waals surface area contributed by atoms with Crippen LogP contribution in [0.3, 0.4) is 0 Å². The fourth-order valence-electron chi connectivity index (χ4n) is 3.20. The van der Waals surface area contributed by atoms with Crippen molar-refractivity contribution in [1.29, 1.82) is 0 Å². The van der Waals surface area contributed by atoms with Crippen LogP contribution in [0.2, 0.25) is 0 Å². The van der Waals surface area contributed by atoms with Crippen LogP contribution < -0.4 is 20.1 Å². The lowest BCUT2D eigenvalue weighted by Crippen LogP contribution is -2.47. The first-order valence-electron chi connectivity index (χ1n) is 9.90. The Morgan fingerprint density at radius 1 is 1.34 bits per heavy atom. The Bertz CT molecular complexity index is 795. The van der Waals surface area contributed by atoms with Gasteiger partial charge in [0.25, 0.3) is 0 Å². The molecule has 0 saturated heterocycles. The van der Waals surface area contributed by atoms with Crippen molar-refractivity contribution >= 4 is 29.9 Å². The number of aryl methyl sites for hydroxylation is 2. The first-order chi connectivity index (χ1) is 13.7. The Kier molecular flexibility index (Phi) is 9.49. The zero-order chi connectivity index (χ0) is 19.8. The molecule has 0 aliphatic carbocycles. The maximum atomic E-state index is 5.77. The number of benzene rings is 1. The summed E-state index contributed by atoms with van der Waals surface area (Å²) in [6.07, 6.45) is 2.80. The second kappa shape index (κ2) is 11.8. The van der Waals surface area contributed by atoms with E-state index in [1.165, 1.54) is 0 Å². The van der Waals surface area contributed by atoms with Crippen molar-refractivity contribution in [2.75, 3.05) is 26.8 Å². The number of fused-ring (bicyclic) bond motifs is 1. The Balaban J connectivity index is 0.00000300. The number of methoxy groups -OCH3 is 1. The van der Waals surface area contributed by atoms with Crippen molar-refractivity contribution in [1.82, 2.24) is 25.4 Å². The molecule has 29 heavy (non-hydrogen) atoms. The maximum absolute atomic E-state index is 5.77. The number of hydrogen-bond donors (Lipinski definition) is 2. The van der Waals surface area contributed by atoms with Gasteiger partial charge in [0, 0.05) is 38.0 Å². The second-order valence-corrected chi connectivity index (χ2v) is 6.78. The lowest BCUT2D eigenvalue weighted by molar-refractivity contribution is 0.310. The largest absolute Gasteiger partial charge is 0.497 e. The van der Waals surface area contributed by atoms with E-state index >= 15 is 0 Å². The zero-order valence-electron chi connectivity index (χ0n) is 17.4. The van der Waals surface area contributed by atoms with Crippen LogP contribution in [-0.2, 0) is 13.0 Å². The number of aliphatic imine (C=N–C) groups is 1. The van der Waals surface area contributed by atoms with Crippen molar-refractivity contribution < 1.29 is 9.47 Å². The normalized spacial score (nSPS) is 15.8. The Labute approximate surface area is 189 Å². The standard InChI is InChI=1S/C20H30N6O2.HI/c1-4-21-20(24-16-9-10-19-23-15(2)25-26(19)14-16)22-11-6-12-28-18-8-5-7-17(13-18)27-3;/h5,7-8,13,16H,4,6,9-12,14H2,1-3H3,(H2,21,22,24);1H. The molecule has 0 fully saturated rings. The highest BCUT2D eigenvalue weighted by Gasteiger charge is 2.21. The molecule has 3 rings (SSSR count). The molecule has 2 heterocycles. The average molecular weight is 514 g/mol. The predicted octanol–water partition coefficient (Wildman–Crippen LogP) is 2.55. The monoisotopic (exact) mass is 514 g/mol. The molecule has 1 unspecified atom stereocenters. The van der Waals surface area contributed by atoms with Crippen molar-refractivity contribution in [2.24, 2.45) is 4.99 Å². The van der Waals surface area contributed by atoms with E-state index in [-0.39, 0.29) is 24.0 Å². The summed E-state index contributed by atoms with van der Waals surface area (Å²) in [7, 11) is 1.65. The minimum atomic E-state index is 0. The number of nitrogens with zero attached hydrogens (tertiary/aromatic N) is 4. The van der Waals surface area contributed by atoms with E-state index in [9.17, 15) is 0 Å². The number of ether oxygens (including phenoxy) is 2. The molecule has 160 valence electrons. The van der Waals surface area contributed by atoms with Gasteiger partial charge in [-0.1, -0.05) is 6.07 Å². The minimum absolute atomic E-state index is 0. The van der Waals surface area contributed by atoms with Crippen molar-refractivity contribution in [3.8, 4) is 11.5 Å². The molecule has 1 atom stereocenters. The molecule has 0 spiro atoms. The molecule has 1 aromatic carbocycles. The molecule has 1 aliphatic rings. The fraction of sp³-hybridized carbons (Fsp3) is 0.550. The van der Waals surface area contributed by atoms with Crippen molar-refractivity contribution in [2.45, 2.75) is 45.7 Å². The van der Waals surface area contributed by atoms with E-state index in [0.717, 1.165) is 61.5 Å². The molecule has 1 aliphatic heterocycles. The third-order valence-electron chi connectivity index (χ3n) is 4.53. The van der Waals surface area contributed by atoms with E-state index in [2.05, 4.69) is 32.6 Å². The molecule has 9 heteroatoms.